The van der Waals surface area contributed by atoms with E-state index in [9.17, 15) is 4.79 Å². The number of benzene rings is 1. The standard InChI is InChI=1S/C23H44N2O8Si2/c1-27-34(28-2,29-3)18-9-17-33-23(26)12-15-25(16-14-24)20-22-11-8-7-10-21(22)13-19-35(30-4,31-5)32-6/h7-8,10-11H,9,12-20,24H2,1-6H3. The SMILES string of the molecule is CO[Si](CCCOC(=O)CCN(CCN)Cc1ccccc1CC[Si](OC)(OC)OC)(OC)OC. The van der Waals surface area contributed by atoms with E-state index in [1.165, 1.54) is 11.1 Å². The van der Waals surface area contributed by atoms with E-state index in [0.717, 1.165) is 6.42 Å². The van der Waals surface area contributed by atoms with Crippen LogP contribution in [0.4, 0.5) is 0 Å². The van der Waals surface area contributed by atoms with Crippen LogP contribution in [-0.4, -0.2) is 97.4 Å². The van der Waals surface area contributed by atoms with Crippen molar-refractivity contribution < 1.29 is 36.1 Å². The van der Waals surface area contributed by atoms with Gasteiger partial charge in [-0.1, -0.05) is 24.3 Å². The molecule has 12 heteroatoms. The van der Waals surface area contributed by atoms with Gasteiger partial charge in [0, 0.05) is 80.9 Å². The normalized spacial score (nSPS) is 12.3. The van der Waals surface area contributed by atoms with Crippen LogP contribution in [0.1, 0.15) is 24.0 Å². The van der Waals surface area contributed by atoms with Gasteiger partial charge in [0.2, 0.25) is 0 Å². The predicted octanol–water partition coefficient (Wildman–Crippen LogP) is 2.07. The van der Waals surface area contributed by atoms with Crippen molar-refractivity contribution in [2.45, 2.75) is 37.9 Å². The topological polar surface area (TPSA) is 111 Å². The quantitative estimate of drug-likeness (QED) is 0.152. The molecule has 0 aliphatic heterocycles. The molecule has 1 aromatic carbocycles. The Morgan fingerprint density at radius 3 is 1.91 bits per heavy atom. The van der Waals surface area contributed by atoms with Gasteiger partial charge in [-0.15, -0.1) is 0 Å². The number of ether oxygens (including phenoxy) is 1. The van der Waals surface area contributed by atoms with Crippen molar-refractivity contribution in [3.05, 3.63) is 35.4 Å². The van der Waals surface area contributed by atoms with Crippen LogP contribution in [0.2, 0.25) is 12.1 Å². The van der Waals surface area contributed by atoms with E-state index in [4.69, 9.17) is 37.0 Å². The lowest BCUT2D eigenvalue weighted by Crippen LogP contribution is -2.43. The van der Waals surface area contributed by atoms with Crippen LogP contribution in [0.3, 0.4) is 0 Å². The van der Waals surface area contributed by atoms with Crippen LogP contribution in [0, 0.1) is 0 Å². The lowest BCUT2D eigenvalue weighted by atomic mass is 10.0. The minimum Gasteiger partial charge on any atom is -0.466 e. The lowest BCUT2D eigenvalue weighted by Gasteiger charge is -2.26. The maximum absolute atomic E-state index is 12.3. The van der Waals surface area contributed by atoms with E-state index in [-0.39, 0.29) is 12.4 Å². The third kappa shape index (κ3) is 10.8. The Morgan fingerprint density at radius 1 is 0.829 bits per heavy atom. The van der Waals surface area contributed by atoms with E-state index in [1.807, 2.05) is 12.1 Å². The zero-order valence-corrected chi connectivity index (χ0v) is 24.2. The van der Waals surface area contributed by atoms with Gasteiger partial charge in [-0.3, -0.25) is 9.69 Å². The molecule has 0 saturated carbocycles. The molecule has 0 aliphatic carbocycles. The number of rotatable bonds is 20. The molecule has 0 bridgehead atoms. The Morgan fingerprint density at radius 2 is 1.37 bits per heavy atom. The maximum atomic E-state index is 12.3. The van der Waals surface area contributed by atoms with E-state index < -0.39 is 17.6 Å². The first-order valence-corrected chi connectivity index (χ1v) is 15.7. The summed E-state index contributed by atoms with van der Waals surface area (Å²) in [7, 11) is 4.27. The molecule has 0 aliphatic rings. The third-order valence-corrected chi connectivity index (χ3v) is 11.6. The Kier molecular flexibility index (Phi) is 15.7. The van der Waals surface area contributed by atoms with Crippen molar-refractivity contribution in [1.82, 2.24) is 4.90 Å². The van der Waals surface area contributed by atoms with Gasteiger partial charge in [-0.25, -0.2) is 0 Å². The number of esters is 1. The second-order valence-corrected chi connectivity index (χ2v) is 14.2. The summed E-state index contributed by atoms with van der Waals surface area (Å²) >= 11 is 0. The highest BCUT2D eigenvalue weighted by Gasteiger charge is 2.38. The molecule has 2 N–H and O–H groups in total. The monoisotopic (exact) mass is 532 g/mol. The summed E-state index contributed by atoms with van der Waals surface area (Å²) < 4.78 is 38.2. The molecule has 0 spiro atoms. The Labute approximate surface area is 212 Å². The van der Waals surface area contributed by atoms with Crippen LogP contribution < -0.4 is 5.73 Å². The first-order valence-electron chi connectivity index (χ1n) is 11.8. The van der Waals surface area contributed by atoms with Gasteiger partial charge < -0.3 is 37.0 Å². The van der Waals surface area contributed by atoms with Crippen molar-refractivity contribution in [2.24, 2.45) is 5.73 Å². The molecular formula is C23H44N2O8Si2. The number of carbonyl (C=O) groups is 1. The summed E-state index contributed by atoms with van der Waals surface area (Å²) in [6.45, 7) is 2.73. The molecule has 0 atom stereocenters. The molecule has 0 unspecified atom stereocenters. The van der Waals surface area contributed by atoms with Crippen molar-refractivity contribution in [3.8, 4) is 0 Å². The van der Waals surface area contributed by atoms with Gasteiger partial charge >= 0.3 is 23.6 Å². The maximum Gasteiger partial charge on any atom is 0.500 e. The van der Waals surface area contributed by atoms with Crippen molar-refractivity contribution in [2.75, 3.05) is 68.9 Å². The van der Waals surface area contributed by atoms with E-state index in [0.29, 0.717) is 51.3 Å². The van der Waals surface area contributed by atoms with Crippen LogP contribution in [-0.2, 0) is 49.1 Å². The lowest BCUT2D eigenvalue weighted by molar-refractivity contribution is -0.144. The average molecular weight is 533 g/mol. The molecule has 1 aromatic rings. The molecule has 0 amide bonds. The number of nitrogens with zero attached hydrogens (tertiary/aromatic N) is 1. The molecule has 0 aromatic heterocycles. The number of carbonyl (C=O) groups excluding carboxylic acids is 1. The molecular weight excluding hydrogens is 488 g/mol. The van der Waals surface area contributed by atoms with Crippen molar-refractivity contribution in [1.29, 1.82) is 0 Å². The number of nitrogens with two attached hydrogens (primary N) is 1. The molecule has 10 nitrogen and oxygen atoms in total. The minimum atomic E-state index is -2.66. The van der Waals surface area contributed by atoms with Gasteiger partial charge in [0.25, 0.3) is 0 Å². The smallest absolute Gasteiger partial charge is 0.466 e. The van der Waals surface area contributed by atoms with Crippen molar-refractivity contribution in [3.63, 3.8) is 0 Å². The zero-order valence-electron chi connectivity index (χ0n) is 22.2. The van der Waals surface area contributed by atoms with Gasteiger partial charge in [0.15, 0.2) is 0 Å². The molecule has 0 fully saturated rings. The largest absolute Gasteiger partial charge is 0.500 e. The van der Waals surface area contributed by atoms with Crippen LogP contribution in [0.25, 0.3) is 0 Å². The second-order valence-electron chi connectivity index (χ2n) is 8.00. The van der Waals surface area contributed by atoms with E-state index in [2.05, 4.69) is 17.0 Å². The summed E-state index contributed by atoms with van der Waals surface area (Å²) in [4.78, 5) is 14.5. The Hall–Kier alpha value is -1.20. The first-order chi connectivity index (χ1) is 16.9. The highest BCUT2D eigenvalue weighted by atomic mass is 28.4. The minimum absolute atomic E-state index is 0.240. The fourth-order valence-electron chi connectivity index (χ4n) is 3.85. The van der Waals surface area contributed by atoms with Gasteiger partial charge in [0.05, 0.1) is 13.0 Å². The van der Waals surface area contributed by atoms with E-state index >= 15 is 0 Å². The first kappa shape index (κ1) is 31.8. The molecule has 35 heavy (non-hydrogen) atoms. The molecule has 0 radical (unpaired) electrons. The average Bonchev–Trinajstić information content (AvgIpc) is 2.90. The van der Waals surface area contributed by atoms with Gasteiger partial charge in [0.1, 0.15) is 0 Å². The highest BCUT2D eigenvalue weighted by Crippen LogP contribution is 2.20. The van der Waals surface area contributed by atoms with Crippen LogP contribution >= 0.6 is 0 Å². The Bertz CT molecular complexity index is 704. The van der Waals surface area contributed by atoms with Gasteiger partial charge in [-0.2, -0.15) is 0 Å². The zero-order chi connectivity index (χ0) is 26.2. The summed E-state index contributed by atoms with van der Waals surface area (Å²) in [6.07, 6.45) is 1.67. The summed E-state index contributed by atoms with van der Waals surface area (Å²) in [5, 5.41) is 0. The number of hydrogen-bond acceptors (Lipinski definition) is 10. The molecule has 0 saturated heterocycles. The number of aryl methyl sites for hydroxylation is 1. The van der Waals surface area contributed by atoms with Crippen molar-refractivity contribution >= 4 is 23.6 Å². The third-order valence-electron chi connectivity index (χ3n) is 6.05. The molecule has 1 rings (SSSR count). The fraction of sp³-hybridized carbons (Fsp3) is 0.696. The second kappa shape index (κ2) is 17.3. The molecule has 202 valence electrons. The molecule has 0 heterocycles. The predicted molar refractivity (Wildman–Crippen MR) is 138 cm³/mol. The fourth-order valence-corrected chi connectivity index (χ4v) is 7.22. The van der Waals surface area contributed by atoms with Crippen LogP contribution in [0.5, 0.6) is 0 Å². The summed E-state index contributed by atoms with van der Waals surface area (Å²) in [5.41, 5.74) is 8.22. The highest BCUT2D eigenvalue weighted by molar-refractivity contribution is 6.60. The number of hydrogen-bond donors (Lipinski definition) is 1. The summed E-state index contributed by atoms with van der Waals surface area (Å²) in [6, 6.07) is 9.51. The summed E-state index contributed by atoms with van der Waals surface area (Å²) in [5.74, 6) is -0.240. The van der Waals surface area contributed by atoms with E-state index in [1.54, 1.807) is 42.7 Å². The van der Waals surface area contributed by atoms with Crippen LogP contribution in [0.15, 0.2) is 24.3 Å². The Balaban J connectivity index is 2.62. The van der Waals surface area contributed by atoms with Gasteiger partial charge in [-0.05, 0) is 24.0 Å².